The maximum atomic E-state index is 12.7. The highest BCUT2D eigenvalue weighted by Gasteiger charge is 2.32. The molecule has 0 aliphatic carbocycles. The minimum absolute atomic E-state index is 0.234. The maximum Gasteiger partial charge on any atom is 0.416 e. The minimum Gasteiger partial charge on any atom is -0.388 e. The van der Waals surface area contributed by atoms with E-state index in [1.165, 1.54) is 6.07 Å². The third kappa shape index (κ3) is 4.19. The molecule has 108 valence electrons. The fourth-order valence-corrected chi connectivity index (χ4v) is 2.46. The third-order valence-corrected chi connectivity index (χ3v) is 3.77. The molecule has 3 N–H and O–H groups in total. The molecule has 2 nitrogen and oxygen atoms in total. The first-order valence-electron chi connectivity index (χ1n) is 6.06. The van der Waals surface area contributed by atoms with Crippen LogP contribution in [-0.4, -0.2) is 11.7 Å². The summed E-state index contributed by atoms with van der Waals surface area (Å²) in [4.78, 5) is 0. The van der Waals surface area contributed by atoms with E-state index < -0.39 is 17.8 Å². The Hall–Kier alpha value is -0.590. The molecular weight excluding hydrogens is 323 g/mol. The van der Waals surface area contributed by atoms with E-state index >= 15 is 0 Å². The topological polar surface area (TPSA) is 46.2 Å². The molecule has 0 saturated carbocycles. The summed E-state index contributed by atoms with van der Waals surface area (Å²) in [5, 5.41) is 10.2. The molecule has 1 aromatic carbocycles. The zero-order chi connectivity index (χ0) is 14.6. The predicted octanol–water partition coefficient (Wildman–Crippen LogP) is 3.88. The Bertz CT molecular complexity index is 423. The molecule has 0 aliphatic rings. The summed E-state index contributed by atoms with van der Waals surface area (Å²) < 4.78 is 38.5. The number of hydrogen-bond acceptors (Lipinski definition) is 2. The van der Waals surface area contributed by atoms with Crippen LogP contribution >= 0.6 is 15.9 Å². The van der Waals surface area contributed by atoms with Crippen LogP contribution in [0.4, 0.5) is 13.2 Å². The van der Waals surface area contributed by atoms with Gasteiger partial charge < -0.3 is 10.8 Å². The number of rotatable bonds is 5. The first-order chi connectivity index (χ1) is 8.81. The lowest BCUT2D eigenvalue weighted by Crippen LogP contribution is -2.22. The van der Waals surface area contributed by atoms with Gasteiger partial charge in [-0.1, -0.05) is 29.3 Å². The molecule has 0 fully saturated rings. The van der Waals surface area contributed by atoms with E-state index in [1.807, 2.05) is 6.92 Å². The molecule has 1 rings (SSSR count). The van der Waals surface area contributed by atoms with Gasteiger partial charge >= 0.3 is 6.18 Å². The number of nitrogens with two attached hydrogens (primary N) is 1. The van der Waals surface area contributed by atoms with Crippen molar-refractivity contribution in [3.8, 4) is 0 Å². The minimum atomic E-state index is -4.42. The lowest BCUT2D eigenvalue weighted by molar-refractivity contribution is -0.137. The standard InChI is InChI=1S/C13H17BrF3NO/c1-2-3-8(7-18)12(19)10-6-9(13(15,16)17)4-5-11(10)14/h4-6,8,12,19H,2-3,7,18H2,1H3. The van der Waals surface area contributed by atoms with Crippen LogP contribution < -0.4 is 5.73 Å². The number of aliphatic hydroxyl groups excluding tert-OH is 1. The van der Waals surface area contributed by atoms with Crippen LogP contribution in [0.25, 0.3) is 0 Å². The van der Waals surface area contributed by atoms with Crippen molar-refractivity contribution in [1.82, 2.24) is 0 Å². The number of aliphatic hydroxyl groups is 1. The third-order valence-electron chi connectivity index (χ3n) is 3.05. The van der Waals surface area contributed by atoms with E-state index in [4.69, 9.17) is 5.73 Å². The molecule has 0 bridgehead atoms. The molecule has 2 atom stereocenters. The highest BCUT2D eigenvalue weighted by molar-refractivity contribution is 9.10. The second kappa shape index (κ2) is 6.72. The van der Waals surface area contributed by atoms with Crippen molar-refractivity contribution in [1.29, 1.82) is 0 Å². The molecule has 0 aliphatic heterocycles. The molecular formula is C13H17BrF3NO. The Morgan fingerprint density at radius 2 is 2.00 bits per heavy atom. The van der Waals surface area contributed by atoms with Crippen molar-refractivity contribution in [2.75, 3.05) is 6.54 Å². The fourth-order valence-electron chi connectivity index (χ4n) is 1.98. The monoisotopic (exact) mass is 339 g/mol. The number of benzene rings is 1. The molecule has 0 heterocycles. The van der Waals surface area contributed by atoms with Crippen molar-refractivity contribution in [2.45, 2.75) is 32.0 Å². The molecule has 0 spiro atoms. The van der Waals surface area contributed by atoms with E-state index in [9.17, 15) is 18.3 Å². The smallest absolute Gasteiger partial charge is 0.388 e. The first kappa shape index (κ1) is 16.5. The summed E-state index contributed by atoms with van der Waals surface area (Å²) >= 11 is 3.18. The Kier molecular flexibility index (Phi) is 5.82. The zero-order valence-electron chi connectivity index (χ0n) is 10.5. The van der Waals surface area contributed by atoms with E-state index in [0.29, 0.717) is 10.9 Å². The van der Waals surface area contributed by atoms with E-state index in [-0.39, 0.29) is 18.0 Å². The summed E-state index contributed by atoms with van der Waals surface area (Å²) in [7, 11) is 0. The molecule has 1 aromatic rings. The zero-order valence-corrected chi connectivity index (χ0v) is 12.1. The van der Waals surface area contributed by atoms with Crippen LogP contribution in [0.2, 0.25) is 0 Å². The summed E-state index contributed by atoms with van der Waals surface area (Å²) in [5.41, 5.74) is 5.04. The molecule has 6 heteroatoms. The summed E-state index contributed by atoms with van der Waals surface area (Å²) in [5.74, 6) is -0.246. The second-order valence-corrected chi connectivity index (χ2v) is 5.32. The van der Waals surface area contributed by atoms with Crippen LogP contribution in [0.3, 0.4) is 0 Å². The molecule has 0 saturated heterocycles. The first-order valence-corrected chi connectivity index (χ1v) is 6.85. The van der Waals surface area contributed by atoms with Gasteiger partial charge in [0.2, 0.25) is 0 Å². The average molecular weight is 340 g/mol. The summed E-state index contributed by atoms with van der Waals surface area (Å²) in [6.07, 6.45) is -3.94. The Morgan fingerprint density at radius 3 is 2.47 bits per heavy atom. The molecule has 0 radical (unpaired) electrons. The maximum absolute atomic E-state index is 12.7. The normalized spacial score (nSPS) is 15.3. The molecule has 0 aromatic heterocycles. The van der Waals surface area contributed by atoms with Crippen LogP contribution in [0.1, 0.15) is 37.0 Å². The highest BCUT2D eigenvalue weighted by Crippen LogP contribution is 2.36. The lowest BCUT2D eigenvalue weighted by Gasteiger charge is -2.23. The van der Waals surface area contributed by atoms with Gasteiger partial charge in [-0.05, 0) is 36.7 Å². The van der Waals surface area contributed by atoms with E-state index in [0.717, 1.165) is 18.6 Å². The van der Waals surface area contributed by atoms with Gasteiger partial charge in [-0.15, -0.1) is 0 Å². The largest absolute Gasteiger partial charge is 0.416 e. The van der Waals surface area contributed by atoms with Gasteiger partial charge in [0, 0.05) is 10.4 Å². The van der Waals surface area contributed by atoms with E-state index in [2.05, 4.69) is 15.9 Å². The van der Waals surface area contributed by atoms with Crippen molar-refractivity contribution < 1.29 is 18.3 Å². The molecule has 19 heavy (non-hydrogen) atoms. The lowest BCUT2D eigenvalue weighted by atomic mass is 9.91. The fraction of sp³-hybridized carbons (Fsp3) is 0.538. The molecule has 2 unspecified atom stereocenters. The van der Waals surface area contributed by atoms with Crippen LogP contribution in [0.15, 0.2) is 22.7 Å². The number of alkyl halides is 3. The van der Waals surface area contributed by atoms with Gasteiger partial charge in [0.25, 0.3) is 0 Å². The molecule has 0 amide bonds. The van der Waals surface area contributed by atoms with Gasteiger partial charge in [0.05, 0.1) is 11.7 Å². The summed E-state index contributed by atoms with van der Waals surface area (Å²) in [6.45, 7) is 2.17. The summed E-state index contributed by atoms with van der Waals surface area (Å²) in [6, 6.07) is 3.27. The van der Waals surface area contributed by atoms with Gasteiger partial charge in [-0.25, -0.2) is 0 Å². The number of hydrogen-bond donors (Lipinski definition) is 2. The van der Waals surface area contributed by atoms with Crippen LogP contribution in [0, 0.1) is 5.92 Å². The van der Waals surface area contributed by atoms with Gasteiger partial charge in [-0.3, -0.25) is 0 Å². The Labute approximate surface area is 118 Å². The van der Waals surface area contributed by atoms with Crippen molar-refractivity contribution in [3.63, 3.8) is 0 Å². The quantitative estimate of drug-likeness (QED) is 0.855. The van der Waals surface area contributed by atoms with Crippen molar-refractivity contribution in [3.05, 3.63) is 33.8 Å². The Balaban J connectivity index is 3.11. The second-order valence-electron chi connectivity index (χ2n) is 4.46. The highest BCUT2D eigenvalue weighted by atomic mass is 79.9. The predicted molar refractivity (Wildman–Crippen MR) is 71.6 cm³/mol. The Morgan fingerprint density at radius 1 is 1.37 bits per heavy atom. The van der Waals surface area contributed by atoms with Gasteiger partial charge in [-0.2, -0.15) is 13.2 Å². The van der Waals surface area contributed by atoms with Crippen LogP contribution in [-0.2, 0) is 6.18 Å². The van der Waals surface area contributed by atoms with E-state index in [1.54, 1.807) is 0 Å². The average Bonchev–Trinajstić information content (AvgIpc) is 2.34. The van der Waals surface area contributed by atoms with Crippen molar-refractivity contribution >= 4 is 15.9 Å². The van der Waals surface area contributed by atoms with Crippen molar-refractivity contribution in [2.24, 2.45) is 11.7 Å². The van der Waals surface area contributed by atoms with Crippen LogP contribution in [0.5, 0.6) is 0 Å². The van der Waals surface area contributed by atoms with Gasteiger partial charge in [0.15, 0.2) is 0 Å². The SMILES string of the molecule is CCCC(CN)C(O)c1cc(C(F)(F)F)ccc1Br. The van der Waals surface area contributed by atoms with Gasteiger partial charge in [0.1, 0.15) is 0 Å². The number of halogens is 4.